The molecule has 0 fully saturated rings. The number of carbonyl (C=O) groups excluding carboxylic acids is 3. The van der Waals surface area contributed by atoms with E-state index in [0.29, 0.717) is 23.5 Å². The van der Waals surface area contributed by atoms with Gasteiger partial charge in [0, 0.05) is 31.3 Å². The normalized spacial score (nSPS) is 9.92. The summed E-state index contributed by atoms with van der Waals surface area (Å²) in [6.07, 6.45) is 0.225. The molecule has 0 aromatic heterocycles. The Morgan fingerprint density at radius 3 is 2.23 bits per heavy atom. The van der Waals surface area contributed by atoms with Crippen LogP contribution in [0.4, 0.5) is 17.1 Å². The number of benzene rings is 2. The fraction of sp³-hybridized carbons (Fsp3) is 0.211. The van der Waals surface area contributed by atoms with Gasteiger partial charge in [0.05, 0.1) is 18.4 Å². The number of ether oxygens (including phenoxy) is 1. The maximum absolute atomic E-state index is 12.1. The van der Waals surface area contributed by atoms with Crippen molar-refractivity contribution in [3.63, 3.8) is 0 Å². The highest BCUT2D eigenvalue weighted by atomic mass is 16.5. The predicted octanol–water partition coefficient (Wildman–Crippen LogP) is 2.87. The topological polar surface area (TPSA) is 96.5 Å². The zero-order valence-corrected chi connectivity index (χ0v) is 14.7. The highest BCUT2D eigenvalue weighted by molar-refractivity contribution is 6.01. The maximum Gasteiger partial charge on any atom is 0.339 e. The van der Waals surface area contributed by atoms with E-state index in [-0.39, 0.29) is 18.2 Å². The van der Waals surface area contributed by atoms with Gasteiger partial charge in [0.2, 0.25) is 11.8 Å². The fourth-order valence-electron chi connectivity index (χ4n) is 2.29. The molecular formula is C19H21N3O4. The molecule has 2 aromatic carbocycles. The van der Waals surface area contributed by atoms with Crippen LogP contribution in [-0.2, 0) is 14.3 Å². The van der Waals surface area contributed by atoms with Crippen LogP contribution in [0.3, 0.4) is 0 Å². The molecule has 2 amide bonds. The number of esters is 1. The lowest BCUT2D eigenvalue weighted by molar-refractivity contribution is -0.116. The Hall–Kier alpha value is -3.35. The molecule has 0 saturated carbocycles. The molecule has 0 spiro atoms. The number of hydrogen-bond donors (Lipinski definition) is 3. The lowest BCUT2D eigenvalue weighted by Gasteiger charge is -2.11. The summed E-state index contributed by atoms with van der Waals surface area (Å²) in [7, 11) is 1.29. The van der Waals surface area contributed by atoms with Crippen LogP contribution in [0.2, 0.25) is 0 Å². The van der Waals surface area contributed by atoms with Crippen LogP contribution in [0.25, 0.3) is 0 Å². The Morgan fingerprint density at radius 2 is 1.58 bits per heavy atom. The average molecular weight is 355 g/mol. The van der Waals surface area contributed by atoms with Crippen LogP contribution < -0.4 is 16.0 Å². The number of anilines is 3. The van der Waals surface area contributed by atoms with E-state index < -0.39 is 5.97 Å². The molecule has 26 heavy (non-hydrogen) atoms. The van der Waals surface area contributed by atoms with Crippen molar-refractivity contribution < 1.29 is 19.1 Å². The van der Waals surface area contributed by atoms with Crippen LogP contribution in [0.5, 0.6) is 0 Å². The second-order valence-corrected chi connectivity index (χ2v) is 5.52. The minimum absolute atomic E-state index is 0.130. The van der Waals surface area contributed by atoms with Crippen LogP contribution >= 0.6 is 0 Å². The van der Waals surface area contributed by atoms with Crippen molar-refractivity contribution in [2.75, 3.05) is 29.6 Å². The molecule has 0 bridgehead atoms. The third-order valence-corrected chi connectivity index (χ3v) is 3.49. The monoisotopic (exact) mass is 355 g/mol. The molecule has 2 rings (SSSR count). The van der Waals surface area contributed by atoms with E-state index in [4.69, 9.17) is 4.74 Å². The van der Waals surface area contributed by atoms with Crippen molar-refractivity contribution in [3.8, 4) is 0 Å². The van der Waals surface area contributed by atoms with E-state index >= 15 is 0 Å². The quantitative estimate of drug-likeness (QED) is 0.664. The molecule has 0 radical (unpaired) electrons. The summed E-state index contributed by atoms with van der Waals surface area (Å²) in [4.78, 5) is 34.8. The number of para-hydroxylation sites is 1. The Labute approximate surface area is 151 Å². The summed E-state index contributed by atoms with van der Waals surface area (Å²) in [5, 5.41) is 8.52. The first kappa shape index (κ1) is 19.0. The number of rotatable bonds is 7. The Balaban J connectivity index is 1.84. The van der Waals surface area contributed by atoms with E-state index in [1.807, 2.05) is 12.1 Å². The number of carbonyl (C=O) groups is 3. The number of hydrogen-bond acceptors (Lipinski definition) is 5. The van der Waals surface area contributed by atoms with Gasteiger partial charge >= 0.3 is 5.97 Å². The molecule has 0 heterocycles. The second kappa shape index (κ2) is 9.22. The van der Waals surface area contributed by atoms with E-state index in [0.717, 1.165) is 5.69 Å². The first-order valence-corrected chi connectivity index (χ1v) is 8.08. The molecule has 3 N–H and O–H groups in total. The van der Waals surface area contributed by atoms with Gasteiger partial charge in [-0.3, -0.25) is 9.59 Å². The largest absolute Gasteiger partial charge is 0.465 e. The van der Waals surface area contributed by atoms with Crippen LogP contribution in [0.15, 0.2) is 48.5 Å². The van der Waals surface area contributed by atoms with E-state index in [1.165, 1.54) is 14.0 Å². The average Bonchev–Trinajstić information content (AvgIpc) is 2.62. The van der Waals surface area contributed by atoms with E-state index in [1.54, 1.807) is 36.4 Å². The Bertz CT molecular complexity index is 788. The molecule has 0 aliphatic heterocycles. The first-order chi connectivity index (χ1) is 12.5. The molecule has 0 aliphatic carbocycles. The maximum atomic E-state index is 12.1. The number of methoxy groups -OCH3 is 1. The zero-order chi connectivity index (χ0) is 18.9. The highest BCUT2D eigenvalue weighted by Gasteiger charge is 2.12. The van der Waals surface area contributed by atoms with Gasteiger partial charge in [-0.15, -0.1) is 0 Å². The SMILES string of the molecule is COC(=O)c1ccccc1NC(=O)CCNc1ccc(NC(C)=O)cc1. The van der Waals surface area contributed by atoms with Crippen molar-refractivity contribution in [2.24, 2.45) is 0 Å². The smallest absolute Gasteiger partial charge is 0.339 e. The second-order valence-electron chi connectivity index (χ2n) is 5.52. The molecule has 136 valence electrons. The van der Waals surface area contributed by atoms with E-state index in [9.17, 15) is 14.4 Å². The summed E-state index contributed by atoms with van der Waals surface area (Å²) < 4.78 is 4.70. The fourth-order valence-corrected chi connectivity index (χ4v) is 2.29. The van der Waals surface area contributed by atoms with Crippen molar-refractivity contribution in [2.45, 2.75) is 13.3 Å². The van der Waals surface area contributed by atoms with Gasteiger partial charge in [-0.1, -0.05) is 12.1 Å². The van der Waals surface area contributed by atoms with Gasteiger partial charge < -0.3 is 20.7 Å². The molecule has 7 heteroatoms. The molecular weight excluding hydrogens is 334 g/mol. The van der Waals surface area contributed by atoms with Crippen molar-refractivity contribution in [3.05, 3.63) is 54.1 Å². The van der Waals surface area contributed by atoms with Gasteiger partial charge in [0.25, 0.3) is 0 Å². The molecule has 2 aromatic rings. The molecule has 0 saturated heterocycles. The standard InChI is InChI=1S/C19H21N3O4/c1-13(23)21-15-9-7-14(8-10-15)20-12-11-18(24)22-17-6-4-3-5-16(17)19(25)26-2/h3-10,20H,11-12H2,1-2H3,(H,21,23)(H,22,24). The molecule has 0 unspecified atom stereocenters. The summed E-state index contributed by atoms with van der Waals surface area (Å²) in [5.41, 5.74) is 2.27. The van der Waals surface area contributed by atoms with Gasteiger partial charge in [-0.05, 0) is 36.4 Å². The zero-order valence-electron chi connectivity index (χ0n) is 14.7. The Morgan fingerprint density at radius 1 is 0.923 bits per heavy atom. The lowest BCUT2D eigenvalue weighted by atomic mass is 10.1. The molecule has 0 aliphatic rings. The van der Waals surface area contributed by atoms with Crippen LogP contribution in [0.1, 0.15) is 23.7 Å². The molecule has 0 atom stereocenters. The van der Waals surface area contributed by atoms with Crippen molar-refractivity contribution in [1.82, 2.24) is 0 Å². The lowest BCUT2D eigenvalue weighted by Crippen LogP contribution is -2.18. The predicted molar refractivity (Wildman–Crippen MR) is 100 cm³/mol. The van der Waals surface area contributed by atoms with Gasteiger partial charge in [0.15, 0.2) is 0 Å². The summed E-state index contributed by atoms with van der Waals surface area (Å²) in [6, 6.07) is 13.9. The van der Waals surface area contributed by atoms with Crippen LogP contribution in [-0.4, -0.2) is 31.4 Å². The molecule has 7 nitrogen and oxygen atoms in total. The number of nitrogens with one attached hydrogen (secondary N) is 3. The van der Waals surface area contributed by atoms with Crippen molar-refractivity contribution >= 4 is 34.8 Å². The van der Waals surface area contributed by atoms with Gasteiger partial charge in [-0.25, -0.2) is 4.79 Å². The third kappa shape index (κ3) is 5.62. The van der Waals surface area contributed by atoms with Crippen molar-refractivity contribution in [1.29, 1.82) is 0 Å². The minimum atomic E-state index is -0.502. The van der Waals surface area contributed by atoms with E-state index in [2.05, 4.69) is 16.0 Å². The minimum Gasteiger partial charge on any atom is -0.465 e. The summed E-state index contributed by atoms with van der Waals surface area (Å²) >= 11 is 0. The number of amides is 2. The Kier molecular flexibility index (Phi) is 6.73. The van der Waals surface area contributed by atoms with Gasteiger partial charge in [0.1, 0.15) is 0 Å². The third-order valence-electron chi connectivity index (χ3n) is 3.49. The van der Waals surface area contributed by atoms with Gasteiger partial charge in [-0.2, -0.15) is 0 Å². The first-order valence-electron chi connectivity index (χ1n) is 8.08. The highest BCUT2D eigenvalue weighted by Crippen LogP contribution is 2.17. The summed E-state index contributed by atoms with van der Waals surface area (Å²) in [6.45, 7) is 1.87. The summed E-state index contributed by atoms with van der Waals surface area (Å²) in [5.74, 6) is -0.850. The van der Waals surface area contributed by atoms with Crippen LogP contribution in [0, 0.1) is 0 Å².